The number of benzene rings is 6. The van der Waals surface area contributed by atoms with E-state index in [0.717, 1.165) is 132 Å². The number of hydrogen-bond acceptors (Lipinski definition) is 14. The predicted molar refractivity (Wildman–Crippen MR) is 369 cm³/mol. The van der Waals surface area contributed by atoms with Crippen molar-refractivity contribution < 1.29 is 28.4 Å². The lowest BCUT2D eigenvalue weighted by Crippen LogP contribution is -2.03. The first-order valence-corrected chi connectivity index (χ1v) is 35.0. The summed E-state index contributed by atoms with van der Waals surface area (Å²) in [5.41, 5.74) is 10.5. The zero-order chi connectivity index (χ0) is 62.3. The van der Waals surface area contributed by atoms with E-state index in [0.29, 0.717) is 133 Å². The molecule has 2 aliphatic rings. The fraction of sp³-hybridized carbons (Fsp3) is 0.405. The molecule has 0 amide bonds. The first-order chi connectivity index (χ1) is 44.3. The number of aromatic nitrogens is 8. The fourth-order valence-corrected chi connectivity index (χ4v) is 14.0. The van der Waals surface area contributed by atoms with Gasteiger partial charge in [-0.05, 0) is 110 Å². The van der Waals surface area contributed by atoms with Crippen molar-refractivity contribution in [2.75, 3.05) is 39.6 Å². The second kappa shape index (κ2) is 30.8. The van der Waals surface area contributed by atoms with E-state index in [1.54, 1.807) is 0 Å². The summed E-state index contributed by atoms with van der Waals surface area (Å²) >= 11 is 3.78. The number of fused-ring (bicyclic) bond motifs is 20. The summed E-state index contributed by atoms with van der Waals surface area (Å²) in [6.07, 6.45) is 12.6. The van der Waals surface area contributed by atoms with Crippen LogP contribution in [-0.4, -0.2) is 79.5 Å². The van der Waals surface area contributed by atoms with Crippen LogP contribution in [0, 0.1) is 0 Å². The summed E-state index contributed by atoms with van der Waals surface area (Å²) in [5.74, 6) is 7.39. The Bertz CT molecular complexity index is 3860. The highest BCUT2D eigenvalue weighted by Gasteiger charge is 2.32. The lowest BCUT2D eigenvalue weighted by atomic mass is 9.93. The number of nitrogens with zero attached hydrogens (tertiary/aromatic N) is 6. The molecule has 2 aliphatic heterocycles. The Morgan fingerprint density at radius 2 is 0.611 bits per heavy atom. The summed E-state index contributed by atoms with van der Waals surface area (Å²) in [6, 6.07) is 33.8. The summed E-state index contributed by atoms with van der Waals surface area (Å²) in [7, 11) is 0. The van der Waals surface area contributed by atoms with Gasteiger partial charge in [0.2, 0.25) is 0 Å². The van der Waals surface area contributed by atoms with Crippen molar-refractivity contribution in [2.24, 2.45) is 0 Å². The van der Waals surface area contributed by atoms with Crippen LogP contribution < -0.4 is 28.4 Å². The van der Waals surface area contributed by atoms with Crippen molar-refractivity contribution in [1.82, 2.24) is 39.9 Å². The van der Waals surface area contributed by atoms with Crippen molar-refractivity contribution >= 4 is 67.7 Å². The minimum absolute atomic E-state index is 0.444. The molecule has 9 aromatic rings. The van der Waals surface area contributed by atoms with Gasteiger partial charge in [-0.2, -0.15) is 0 Å². The van der Waals surface area contributed by atoms with E-state index in [1.807, 2.05) is 35.7 Å². The lowest BCUT2D eigenvalue weighted by molar-refractivity contribution is 0.262. The average molecular weight is 1250 g/mol. The largest absolute Gasteiger partial charge is 0.490 e. The Morgan fingerprint density at radius 1 is 0.333 bits per heavy atom. The number of thioether (sulfide) groups is 2. The highest BCUT2D eigenvalue weighted by molar-refractivity contribution is 8.01. The molecule has 14 nitrogen and oxygen atoms in total. The molecule has 3 aromatic heterocycles. The van der Waals surface area contributed by atoms with E-state index < -0.39 is 0 Å². The van der Waals surface area contributed by atoms with Crippen molar-refractivity contribution in [3.05, 3.63) is 119 Å². The van der Waals surface area contributed by atoms with E-state index in [4.69, 9.17) is 58.3 Å². The quantitative estimate of drug-likeness (QED) is 0.0302. The summed E-state index contributed by atoms with van der Waals surface area (Å²) in [5, 5.41) is 3.18. The van der Waals surface area contributed by atoms with Gasteiger partial charge in [-0.3, -0.25) is 0 Å². The maximum Gasteiger partial charge on any atom is 0.165 e. The van der Waals surface area contributed by atoms with Gasteiger partial charge in [-0.1, -0.05) is 155 Å². The Balaban J connectivity index is 1.28. The lowest BCUT2D eigenvalue weighted by Gasteiger charge is -2.22. The molecule has 0 atom stereocenters. The van der Waals surface area contributed by atoms with E-state index in [1.165, 1.54) is 32.0 Å². The standard InChI is InChI=1S/C74H86N8O6S2/c1-9-17-33-83-57-39-51-52(40-58(57)84-34-18-10-2)68-75-67(51)76-69-53-41-59(85-35-19-11-3)61(87-37-21-13-5)43-55(53)71(78-69)80-73-63-49(15-7)65(89-45-47-29-25-23-26-30-47)66(90-46-48-31-27-24-28-32-48)50(16-8)64(63)74(82-73)81-72-56-44-62(88-38-22-14-6)60(86-36-20-12-4)42-54(56)70(77-68)79-72/h23-32,39-44H,9-22,33-38,45-46H2,1-8H3,(H2,75,76,77,78,79,80,81,82). The van der Waals surface area contributed by atoms with Gasteiger partial charge in [0.1, 0.15) is 22.6 Å². The molecule has 6 aromatic carbocycles. The van der Waals surface area contributed by atoms with Crippen LogP contribution >= 0.6 is 23.5 Å². The molecule has 0 saturated carbocycles. The highest BCUT2D eigenvalue weighted by Crippen LogP contribution is 2.52. The molecule has 0 radical (unpaired) electrons. The molecule has 5 heterocycles. The SMILES string of the molecule is CCCCOc1cc2c(cc1OCCCC)-c1nc-2nc2[nH]c(nc3nc(nc4[nH]c(n1)c1cc(OCCCC)c(OCCCC)cc41)-c1c(CC)c(SCc4ccccc4)c(SCc4ccccc4)c(CC)c1-3)c1cc(OCCCC)c(OCCCC)cc21. The van der Waals surface area contributed by atoms with E-state index >= 15 is 0 Å². The minimum atomic E-state index is 0.444. The second-order valence-corrected chi connectivity index (χ2v) is 24.9. The van der Waals surface area contributed by atoms with Crippen molar-refractivity contribution in [3.63, 3.8) is 0 Å². The van der Waals surface area contributed by atoms with Crippen LogP contribution in [-0.2, 0) is 24.3 Å². The molecule has 2 N–H and O–H groups in total. The van der Waals surface area contributed by atoms with Gasteiger partial charge in [0.15, 0.2) is 57.8 Å². The predicted octanol–water partition coefficient (Wildman–Crippen LogP) is 19.7. The molecule has 0 unspecified atom stereocenters. The summed E-state index contributed by atoms with van der Waals surface area (Å²) in [4.78, 5) is 43.7. The molecule has 11 rings (SSSR count). The number of aromatic amines is 2. The van der Waals surface area contributed by atoms with Gasteiger partial charge in [0.05, 0.1) is 39.6 Å². The molecular weight excluding hydrogens is 1160 g/mol. The number of unbranched alkanes of at least 4 members (excludes halogenated alkanes) is 6. The number of rotatable bonds is 32. The normalized spacial score (nSPS) is 11.7. The highest BCUT2D eigenvalue weighted by atomic mass is 32.2. The first-order valence-electron chi connectivity index (χ1n) is 33.0. The summed E-state index contributed by atoms with van der Waals surface area (Å²) in [6.45, 7) is 20.7. The fourth-order valence-electron chi connectivity index (χ4n) is 11.2. The molecule has 0 aliphatic carbocycles. The number of hydrogen-bond donors (Lipinski definition) is 2. The zero-order valence-electron chi connectivity index (χ0n) is 53.7. The van der Waals surface area contributed by atoms with Gasteiger partial charge in [-0.25, -0.2) is 29.9 Å². The number of ether oxygens (including phenoxy) is 6. The van der Waals surface area contributed by atoms with Crippen LogP contribution in [0.25, 0.3) is 89.7 Å². The van der Waals surface area contributed by atoms with Crippen molar-refractivity contribution in [2.45, 2.75) is 167 Å². The van der Waals surface area contributed by atoms with E-state index in [9.17, 15) is 0 Å². The van der Waals surface area contributed by atoms with Gasteiger partial charge in [0, 0.05) is 65.1 Å². The third-order valence-corrected chi connectivity index (χ3v) is 18.8. The average Bonchev–Trinajstić information content (AvgIpc) is 1.61. The Kier molecular flexibility index (Phi) is 21.8. The van der Waals surface area contributed by atoms with Crippen LogP contribution in [0.5, 0.6) is 34.5 Å². The topological polar surface area (TPSA) is 164 Å². The second-order valence-electron chi connectivity index (χ2n) is 23.0. The third kappa shape index (κ3) is 14.2. The van der Waals surface area contributed by atoms with E-state index in [-0.39, 0.29) is 0 Å². The monoisotopic (exact) mass is 1250 g/mol. The summed E-state index contributed by atoms with van der Waals surface area (Å²) < 4.78 is 39.7. The minimum Gasteiger partial charge on any atom is -0.490 e. The van der Waals surface area contributed by atoms with Crippen LogP contribution in [0.1, 0.15) is 155 Å². The molecule has 0 fully saturated rings. The van der Waals surface area contributed by atoms with Crippen LogP contribution in [0.15, 0.2) is 107 Å². The molecule has 0 spiro atoms. The molecular formula is C74H86N8O6S2. The molecule has 90 heavy (non-hydrogen) atoms. The number of nitrogens with one attached hydrogen (secondary N) is 2. The van der Waals surface area contributed by atoms with Crippen LogP contribution in [0.2, 0.25) is 0 Å². The smallest absolute Gasteiger partial charge is 0.165 e. The Labute approximate surface area is 538 Å². The van der Waals surface area contributed by atoms with E-state index in [2.05, 4.69) is 150 Å². The Hall–Kier alpha value is -7.82. The van der Waals surface area contributed by atoms with Crippen LogP contribution in [0.4, 0.5) is 0 Å². The first kappa shape index (κ1) is 63.7. The molecule has 16 heteroatoms. The maximum absolute atomic E-state index is 6.65. The molecule has 8 bridgehead atoms. The van der Waals surface area contributed by atoms with Crippen molar-refractivity contribution in [3.8, 4) is 80.0 Å². The number of H-pyrrole nitrogens is 2. The van der Waals surface area contributed by atoms with Gasteiger partial charge in [0.25, 0.3) is 0 Å². The maximum atomic E-state index is 6.65. The van der Waals surface area contributed by atoms with Crippen molar-refractivity contribution in [1.29, 1.82) is 0 Å². The molecule has 0 saturated heterocycles. The van der Waals surface area contributed by atoms with Gasteiger partial charge < -0.3 is 38.4 Å². The Morgan fingerprint density at radius 3 is 0.900 bits per heavy atom. The molecule has 470 valence electrons. The van der Waals surface area contributed by atoms with Crippen LogP contribution in [0.3, 0.4) is 0 Å². The zero-order valence-corrected chi connectivity index (χ0v) is 55.4. The van der Waals surface area contributed by atoms with Gasteiger partial charge in [-0.15, -0.1) is 23.5 Å². The van der Waals surface area contributed by atoms with Gasteiger partial charge >= 0.3 is 0 Å². The third-order valence-electron chi connectivity index (χ3n) is 16.3.